The Morgan fingerprint density at radius 1 is 1.23 bits per heavy atom. The maximum atomic E-state index is 12.8. The molecule has 1 fully saturated rings. The van der Waals surface area contributed by atoms with E-state index in [1.54, 1.807) is 30.1 Å². The summed E-state index contributed by atoms with van der Waals surface area (Å²) in [5.41, 5.74) is 0.588. The van der Waals surface area contributed by atoms with Crippen molar-refractivity contribution in [3.8, 4) is 22.9 Å². The third-order valence-corrected chi connectivity index (χ3v) is 4.75. The lowest BCUT2D eigenvalue weighted by atomic mass is 10.1. The molecule has 1 aliphatic rings. The predicted octanol–water partition coefficient (Wildman–Crippen LogP) is 4.43. The highest BCUT2D eigenvalue weighted by Crippen LogP contribution is 2.34. The highest BCUT2D eigenvalue weighted by molar-refractivity contribution is 5.95. The number of nitrogens with zero attached hydrogens (tertiary/aromatic N) is 3. The van der Waals surface area contributed by atoms with Gasteiger partial charge in [0.1, 0.15) is 5.75 Å². The van der Waals surface area contributed by atoms with Gasteiger partial charge in [-0.2, -0.15) is 18.3 Å². The van der Waals surface area contributed by atoms with Gasteiger partial charge in [-0.25, -0.2) is 4.98 Å². The van der Waals surface area contributed by atoms with E-state index in [-0.39, 0.29) is 17.5 Å². The first kappa shape index (κ1) is 19.9. The van der Waals surface area contributed by atoms with Crippen molar-refractivity contribution < 1.29 is 22.7 Å². The van der Waals surface area contributed by atoms with Crippen LogP contribution in [0.5, 0.6) is 11.6 Å². The molecular weight excluding hydrogens is 397 g/mol. The molecule has 30 heavy (non-hydrogen) atoms. The van der Waals surface area contributed by atoms with E-state index in [0.717, 1.165) is 25.0 Å². The molecule has 1 amide bonds. The third kappa shape index (κ3) is 4.61. The van der Waals surface area contributed by atoms with Gasteiger partial charge in [0, 0.05) is 26.0 Å². The fourth-order valence-electron chi connectivity index (χ4n) is 2.88. The summed E-state index contributed by atoms with van der Waals surface area (Å²) < 4.78 is 45.6. The molecule has 0 spiro atoms. The van der Waals surface area contributed by atoms with Gasteiger partial charge >= 0.3 is 6.18 Å². The number of aryl methyl sites for hydroxylation is 1. The summed E-state index contributed by atoms with van der Waals surface area (Å²) in [6, 6.07) is 7.69. The van der Waals surface area contributed by atoms with Crippen molar-refractivity contribution >= 4 is 5.91 Å². The summed E-state index contributed by atoms with van der Waals surface area (Å²) in [5, 5.41) is 7.21. The Kier molecular flexibility index (Phi) is 5.19. The summed E-state index contributed by atoms with van der Waals surface area (Å²) in [6.07, 6.45) is 0.936. The number of amides is 1. The number of aromatic nitrogens is 3. The third-order valence-electron chi connectivity index (χ3n) is 4.75. The van der Waals surface area contributed by atoms with Crippen LogP contribution in [0.15, 0.2) is 48.8 Å². The van der Waals surface area contributed by atoms with Gasteiger partial charge in [0.2, 0.25) is 5.88 Å². The van der Waals surface area contributed by atoms with Gasteiger partial charge in [-0.15, -0.1) is 0 Å². The van der Waals surface area contributed by atoms with Gasteiger partial charge < -0.3 is 10.1 Å². The lowest BCUT2D eigenvalue weighted by Gasteiger charge is -2.12. The topological polar surface area (TPSA) is 69.0 Å². The monoisotopic (exact) mass is 416 g/mol. The summed E-state index contributed by atoms with van der Waals surface area (Å²) in [6.45, 7) is 0.627. The van der Waals surface area contributed by atoms with Crippen LogP contribution < -0.4 is 10.1 Å². The normalized spacial score (nSPS) is 13.9. The van der Waals surface area contributed by atoms with Crippen LogP contribution in [0.4, 0.5) is 13.2 Å². The zero-order valence-electron chi connectivity index (χ0n) is 16.1. The lowest BCUT2D eigenvalue weighted by Crippen LogP contribution is -2.25. The molecule has 4 rings (SSSR count). The van der Waals surface area contributed by atoms with Crippen molar-refractivity contribution in [1.82, 2.24) is 20.1 Å². The number of carbonyl (C=O) groups is 1. The largest absolute Gasteiger partial charge is 0.438 e. The molecule has 9 heteroatoms. The van der Waals surface area contributed by atoms with E-state index in [2.05, 4.69) is 15.4 Å². The predicted molar refractivity (Wildman–Crippen MR) is 103 cm³/mol. The number of halogens is 3. The summed E-state index contributed by atoms with van der Waals surface area (Å²) >= 11 is 0. The summed E-state index contributed by atoms with van der Waals surface area (Å²) in [7, 11) is 1.75. The molecule has 2 heterocycles. The fourth-order valence-corrected chi connectivity index (χ4v) is 2.88. The van der Waals surface area contributed by atoms with E-state index < -0.39 is 11.7 Å². The van der Waals surface area contributed by atoms with Crippen molar-refractivity contribution in [2.24, 2.45) is 13.0 Å². The van der Waals surface area contributed by atoms with Crippen molar-refractivity contribution in [2.45, 2.75) is 19.0 Å². The van der Waals surface area contributed by atoms with E-state index >= 15 is 0 Å². The van der Waals surface area contributed by atoms with Gasteiger partial charge in [-0.1, -0.05) is 0 Å². The van der Waals surface area contributed by atoms with Crippen LogP contribution >= 0.6 is 0 Å². The van der Waals surface area contributed by atoms with Crippen LogP contribution in [0, 0.1) is 5.92 Å². The molecule has 1 N–H and O–H groups in total. The number of nitrogens with one attached hydrogen (secondary N) is 1. The number of alkyl halides is 3. The Balaban J connectivity index is 1.61. The summed E-state index contributed by atoms with van der Waals surface area (Å²) in [4.78, 5) is 16.7. The zero-order valence-corrected chi connectivity index (χ0v) is 16.1. The molecule has 1 aliphatic carbocycles. The zero-order chi connectivity index (χ0) is 21.3. The highest BCUT2D eigenvalue weighted by Gasteiger charge is 2.30. The highest BCUT2D eigenvalue weighted by atomic mass is 19.4. The Morgan fingerprint density at radius 3 is 2.57 bits per heavy atom. The molecule has 1 saturated carbocycles. The SMILES string of the molecule is Cn1ccc(-c2cc(C(=O)NCC3CC3)cnc2Oc2ccc(C(F)(F)F)cc2)n1. The van der Waals surface area contributed by atoms with Gasteiger partial charge in [0.15, 0.2) is 0 Å². The molecular formula is C21H19F3N4O2. The van der Waals surface area contributed by atoms with E-state index in [4.69, 9.17) is 4.74 Å². The number of ether oxygens (including phenoxy) is 1. The average Bonchev–Trinajstić information content (AvgIpc) is 3.45. The fraction of sp³-hybridized carbons (Fsp3) is 0.286. The Morgan fingerprint density at radius 2 is 1.97 bits per heavy atom. The average molecular weight is 416 g/mol. The second-order valence-electron chi connectivity index (χ2n) is 7.23. The Labute approximate surface area is 170 Å². The number of carbonyl (C=O) groups excluding carboxylic acids is 1. The second kappa shape index (κ2) is 7.81. The van der Waals surface area contributed by atoms with Crippen molar-refractivity contribution in [3.05, 3.63) is 59.9 Å². The quantitative estimate of drug-likeness (QED) is 0.645. The van der Waals surface area contributed by atoms with Gasteiger partial charge in [-0.3, -0.25) is 9.48 Å². The van der Waals surface area contributed by atoms with Crippen LogP contribution in [0.2, 0.25) is 0 Å². The lowest BCUT2D eigenvalue weighted by molar-refractivity contribution is -0.137. The Hall–Kier alpha value is -3.36. The number of hydrogen-bond donors (Lipinski definition) is 1. The number of rotatable bonds is 6. The minimum atomic E-state index is -4.43. The smallest absolute Gasteiger partial charge is 0.416 e. The van der Waals surface area contributed by atoms with Crippen molar-refractivity contribution in [3.63, 3.8) is 0 Å². The number of hydrogen-bond acceptors (Lipinski definition) is 4. The van der Waals surface area contributed by atoms with Crippen LogP contribution in [0.3, 0.4) is 0 Å². The van der Waals surface area contributed by atoms with Crippen molar-refractivity contribution in [2.75, 3.05) is 6.54 Å². The maximum absolute atomic E-state index is 12.8. The molecule has 0 aliphatic heterocycles. The molecule has 6 nitrogen and oxygen atoms in total. The van der Waals surface area contributed by atoms with Gasteiger partial charge in [0.05, 0.1) is 22.4 Å². The van der Waals surface area contributed by atoms with E-state index in [1.807, 2.05) is 0 Å². The number of pyridine rings is 1. The first-order valence-electron chi connectivity index (χ1n) is 9.43. The van der Waals surface area contributed by atoms with Gasteiger partial charge in [0.25, 0.3) is 5.91 Å². The summed E-state index contributed by atoms with van der Waals surface area (Å²) in [5.74, 6) is 0.637. The standard InChI is InChI=1S/C21H19F3N4O2/c1-28-9-8-18(27-28)17-10-14(19(29)25-11-13-2-3-13)12-26-20(17)30-16-6-4-15(5-7-16)21(22,23)24/h4-10,12-13H,2-3,11H2,1H3,(H,25,29). The molecule has 156 valence electrons. The van der Waals surface area contributed by atoms with Crippen molar-refractivity contribution in [1.29, 1.82) is 0 Å². The first-order chi connectivity index (χ1) is 14.3. The van der Waals surface area contributed by atoms with E-state index in [9.17, 15) is 18.0 Å². The van der Waals surface area contributed by atoms with Crippen LogP contribution in [-0.4, -0.2) is 27.2 Å². The molecule has 0 saturated heterocycles. The molecule has 0 atom stereocenters. The number of benzene rings is 1. The minimum Gasteiger partial charge on any atom is -0.438 e. The molecule has 3 aromatic rings. The van der Waals surface area contributed by atoms with Crippen LogP contribution in [0.1, 0.15) is 28.8 Å². The van der Waals surface area contributed by atoms with E-state index in [0.29, 0.717) is 29.3 Å². The second-order valence-corrected chi connectivity index (χ2v) is 7.23. The molecule has 0 bridgehead atoms. The first-order valence-corrected chi connectivity index (χ1v) is 9.43. The Bertz CT molecular complexity index is 1060. The molecule has 2 aromatic heterocycles. The molecule has 0 radical (unpaired) electrons. The molecule has 1 aromatic carbocycles. The maximum Gasteiger partial charge on any atom is 0.416 e. The minimum absolute atomic E-state index is 0.146. The van der Waals surface area contributed by atoms with Crippen LogP contribution in [0.25, 0.3) is 11.3 Å². The molecule has 0 unspecified atom stereocenters. The van der Waals surface area contributed by atoms with Crippen LogP contribution in [-0.2, 0) is 13.2 Å². The van der Waals surface area contributed by atoms with E-state index in [1.165, 1.54) is 18.3 Å². The van der Waals surface area contributed by atoms with Gasteiger partial charge in [-0.05, 0) is 55.2 Å².